The van der Waals surface area contributed by atoms with Crippen LogP contribution in [0.1, 0.15) is 77.6 Å². The molecule has 1 aliphatic heterocycles. The number of alkyl halides is 1. The molecule has 2 aliphatic rings. The summed E-state index contributed by atoms with van der Waals surface area (Å²) in [5.41, 5.74) is 0. The Labute approximate surface area is 192 Å². The van der Waals surface area contributed by atoms with Crippen LogP contribution in [0.2, 0.25) is 5.02 Å². The van der Waals surface area contributed by atoms with E-state index in [-0.39, 0.29) is 11.2 Å². The summed E-state index contributed by atoms with van der Waals surface area (Å²) in [5.74, 6) is 2.16. The maximum absolute atomic E-state index is 6.74. The highest BCUT2D eigenvalue weighted by atomic mass is 35.5. The van der Waals surface area contributed by atoms with Gasteiger partial charge in [0, 0.05) is 16.5 Å². The lowest BCUT2D eigenvalue weighted by atomic mass is 10.1. The highest BCUT2D eigenvalue weighted by molar-refractivity contribution is 6.30. The first-order valence-corrected chi connectivity index (χ1v) is 12.6. The second kappa shape index (κ2) is 12.5. The largest absolute Gasteiger partial charge is 0.494 e. The van der Waals surface area contributed by atoms with E-state index in [1.807, 2.05) is 24.3 Å². The zero-order valence-electron chi connectivity index (χ0n) is 18.4. The molecular weight excluding hydrogens is 419 g/mol. The van der Waals surface area contributed by atoms with Crippen molar-refractivity contribution in [3.05, 3.63) is 29.3 Å². The molecule has 4 unspecified atom stereocenters. The van der Waals surface area contributed by atoms with Gasteiger partial charge in [-0.3, -0.25) is 0 Å². The van der Waals surface area contributed by atoms with Crippen LogP contribution in [0.3, 0.4) is 0 Å². The number of ether oxygens (including phenoxy) is 3. The minimum atomic E-state index is -0.0181. The highest BCUT2D eigenvalue weighted by Crippen LogP contribution is 2.59. The van der Waals surface area contributed by atoms with Gasteiger partial charge >= 0.3 is 0 Å². The average molecular weight is 457 g/mol. The number of unbranched alkanes of at least 4 members (excludes halogenated alkanes) is 5. The van der Waals surface area contributed by atoms with Crippen LogP contribution >= 0.6 is 23.2 Å². The minimum Gasteiger partial charge on any atom is -0.494 e. The smallest absolute Gasteiger partial charge is 0.157 e. The molecule has 1 saturated carbocycles. The second-order valence-electron chi connectivity index (χ2n) is 9.03. The lowest BCUT2D eigenvalue weighted by Crippen LogP contribution is -2.22. The molecule has 0 radical (unpaired) electrons. The van der Waals surface area contributed by atoms with Crippen molar-refractivity contribution < 1.29 is 14.2 Å². The molecule has 3 nitrogen and oxygen atoms in total. The van der Waals surface area contributed by atoms with Crippen molar-refractivity contribution in [2.45, 2.75) is 88.7 Å². The normalized spacial score (nSPS) is 28.4. The third-order valence-electron chi connectivity index (χ3n) is 6.69. The van der Waals surface area contributed by atoms with Crippen molar-refractivity contribution in [2.24, 2.45) is 11.8 Å². The molecule has 1 aliphatic carbocycles. The Morgan fingerprint density at radius 1 is 0.933 bits per heavy atom. The molecule has 170 valence electrons. The van der Waals surface area contributed by atoms with Crippen LogP contribution in [0.5, 0.6) is 5.75 Å². The summed E-state index contributed by atoms with van der Waals surface area (Å²) in [6, 6.07) is 7.58. The van der Waals surface area contributed by atoms with Crippen LogP contribution in [0.25, 0.3) is 0 Å². The number of halogens is 2. The number of hydrogen-bond acceptors (Lipinski definition) is 3. The predicted molar refractivity (Wildman–Crippen MR) is 125 cm³/mol. The van der Waals surface area contributed by atoms with E-state index in [0.29, 0.717) is 11.8 Å². The lowest BCUT2D eigenvalue weighted by molar-refractivity contribution is -0.163. The Balaban J connectivity index is 1.15. The average Bonchev–Trinajstić information content (AvgIpc) is 3.27. The summed E-state index contributed by atoms with van der Waals surface area (Å²) in [5, 5.41) is 0.747. The van der Waals surface area contributed by atoms with Crippen molar-refractivity contribution in [2.75, 3.05) is 19.8 Å². The molecule has 0 amide bonds. The fourth-order valence-corrected chi connectivity index (χ4v) is 5.27. The summed E-state index contributed by atoms with van der Waals surface area (Å²) in [4.78, 5) is -0.0181. The maximum Gasteiger partial charge on any atom is 0.157 e. The Hall–Kier alpha value is -0.480. The van der Waals surface area contributed by atoms with Gasteiger partial charge in [-0.1, -0.05) is 43.7 Å². The van der Waals surface area contributed by atoms with Gasteiger partial charge in [-0.05, 0) is 81.5 Å². The van der Waals surface area contributed by atoms with Crippen molar-refractivity contribution in [1.82, 2.24) is 0 Å². The molecule has 0 N–H and O–H groups in total. The molecule has 4 atom stereocenters. The summed E-state index contributed by atoms with van der Waals surface area (Å²) in [6.07, 6.45) is 13.3. The maximum atomic E-state index is 6.74. The molecule has 30 heavy (non-hydrogen) atoms. The zero-order valence-corrected chi connectivity index (χ0v) is 19.9. The minimum absolute atomic E-state index is 0.0181. The first kappa shape index (κ1) is 24.2. The molecule has 0 aromatic heterocycles. The molecule has 5 heteroatoms. The Bertz CT molecular complexity index is 599. The molecule has 1 aromatic rings. The van der Waals surface area contributed by atoms with E-state index in [1.54, 1.807) is 0 Å². The predicted octanol–water partition coefficient (Wildman–Crippen LogP) is 7.63. The molecule has 2 fully saturated rings. The van der Waals surface area contributed by atoms with Crippen LogP contribution in [-0.2, 0) is 9.47 Å². The van der Waals surface area contributed by atoms with E-state index in [9.17, 15) is 0 Å². The quantitative estimate of drug-likeness (QED) is 0.212. The third-order valence-corrected chi connectivity index (χ3v) is 7.50. The first-order chi connectivity index (χ1) is 14.6. The molecule has 1 saturated heterocycles. The van der Waals surface area contributed by atoms with Crippen molar-refractivity contribution in [3.8, 4) is 5.75 Å². The van der Waals surface area contributed by atoms with Crippen LogP contribution < -0.4 is 4.74 Å². The molecular formula is C25H38Cl2O3. The Kier molecular flexibility index (Phi) is 10.1. The molecule has 1 heterocycles. The van der Waals surface area contributed by atoms with Gasteiger partial charge in [-0.25, -0.2) is 0 Å². The van der Waals surface area contributed by atoms with E-state index < -0.39 is 0 Å². The first-order valence-electron chi connectivity index (χ1n) is 11.9. The Morgan fingerprint density at radius 2 is 1.63 bits per heavy atom. The van der Waals surface area contributed by atoms with Gasteiger partial charge in [0.2, 0.25) is 0 Å². The Morgan fingerprint density at radius 3 is 2.37 bits per heavy atom. The second-order valence-corrected chi connectivity index (χ2v) is 10.3. The van der Waals surface area contributed by atoms with Crippen LogP contribution in [-0.4, -0.2) is 31.0 Å². The fourth-order valence-electron chi connectivity index (χ4n) is 4.69. The van der Waals surface area contributed by atoms with Gasteiger partial charge in [0.25, 0.3) is 0 Å². The van der Waals surface area contributed by atoms with Crippen molar-refractivity contribution in [3.63, 3.8) is 0 Å². The summed E-state index contributed by atoms with van der Waals surface area (Å²) in [7, 11) is 0. The fraction of sp³-hybridized carbons (Fsp3) is 0.760. The van der Waals surface area contributed by atoms with Gasteiger partial charge in [-0.2, -0.15) is 0 Å². The van der Waals surface area contributed by atoms with Crippen LogP contribution in [0, 0.1) is 11.8 Å². The third kappa shape index (κ3) is 7.89. The molecule has 3 rings (SSSR count). The topological polar surface area (TPSA) is 27.7 Å². The monoisotopic (exact) mass is 456 g/mol. The van der Waals surface area contributed by atoms with Gasteiger partial charge in [0.15, 0.2) is 6.29 Å². The van der Waals surface area contributed by atoms with E-state index in [1.165, 1.54) is 51.4 Å². The van der Waals surface area contributed by atoms with Crippen LogP contribution in [0.4, 0.5) is 0 Å². The number of hydrogen-bond donors (Lipinski definition) is 0. The molecule has 0 spiro atoms. The van der Waals surface area contributed by atoms with Gasteiger partial charge in [0.05, 0.1) is 13.2 Å². The lowest BCUT2D eigenvalue weighted by Gasteiger charge is -2.22. The molecule has 1 aromatic carbocycles. The van der Waals surface area contributed by atoms with Gasteiger partial charge in [0.1, 0.15) is 5.75 Å². The SMILES string of the molecule is CC1(Cl)C(CCCCCCCCOc2ccc(Cl)cc2)C1CCOC1CCCCO1. The van der Waals surface area contributed by atoms with E-state index >= 15 is 0 Å². The standard InChI is InChI=1S/C25H38Cl2O3/c1-25(27)22(23(25)16-19-30-24-11-7-9-18-29-24)10-6-4-2-3-5-8-17-28-21-14-12-20(26)13-15-21/h12-15,22-24H,2-11,16-19H2,1H3. The van der Waals surface area contributed by atoms with E-state index in [0.717, 1.165) is 49.9 Å². The summed E-state index contributed by atoms with van der Waals surface area (Å²) >= 11 is 12.6. The summed E-state index contributed by atoms with van der Waals surface area (Å²) in [6.45, 7) is 4.62. The van der Waals surface area contributed by atoms with E-state index in [4.69, 9.17) is 37.4 Å². The van der Waals surface area contributed by atoms with Crippen molar-refractivity contribution >= 4 is 23.2 Å². The number of rotatable bonds is 14. The van der Waals surface area contributed by atoms with Gasteiger partial charge in [-0.15, -0.1) is 11.6 Å². The summed E-state index contributed by atoms with van der Waals surface area (Å²) < 4.78 is 17.3. The molecule has 0 bridgehead atoms. The van der Waals surface area contributed by atoms with Gasteiger partial charge < -0.3 is 14.2 Å². The van der Waals surface area contributed by atoms with E-state index in [2.05, 4.69) is 6.92 Å². The van der Waals surface area contributed by atoms with Crippen molar-refractivity contribution in [1.29, 1.82) is 0 Å². The zero-order chi connectivity index (χ0) is 21.2. The van der Waals surface area contributed by atoms with Crippen LogP contribution in [0.15, 0.2) is 24.3 Å². The highest BCUT2D eigenvalue weighted by Gasteiger charge is 2.58. The number of benzene rings is 1.